The van der Waals surface area contributed by atoms with E-state index in [9.17, 15) is 9.59 Å². The first-order valence-corrected chi connectivity index (χ1v) is 11.3. The van der Waals surface area contributed by atoms with Gasteiger partial charge < -0.3 is 24.5 Å². The average Bonchev–Trinajstić information content (AvgIpc) is 3.17. The fourth-order valence-electron chi connectivity index (χ4n) is 4.90. The van der Waals surface area contributed by atoms with Gasteiger partial charge in [0.1, 0.15) is 0 Å². The molecule has 1 aliphatic carbocycles. The second-order valence-electron chi connectivity index (χ2n) is 8.30. The molecule has 0 radical (unpaired) electrons. The molecule has 3 aromatic carbocycles. The van der Waals surface area contributed by atoms with E-state index in [1.807, 2.05) is 36.4 Å². The Morgan fingerprint density at radius 3 is 2.35 bits per heavy atom. The van der Waals surface area contributed by atoms with Crippen molar-refractivity contribution in [2.75, 3.05) is 33.9 Å². The minimum absolute atomic E-state index is 0.0574. The SMILES string of the molecule is COc1cc2c3c(n(CCCNCCO)c(=O)c2cc1OC)-c1ccc2ccccc2c1C3=O. The molecule has 174 valence electrons. The van der Waals surface area contributed by atoms with Crippen molar-refractivity contribution in [2.24, 2.45) is 0 Å². The zero-order valence-electron chi connectivity index (χ0n) is 19.2. The molecule has 4 aromatic rings. The van der Waals surface area contributed by atoms with Crippen molar-refractivity contribution in [1.29, 1.82) is 0 Å². The van der Waals surface area contributed by atoms with Gasteiger partial charge in [-0.2, -0.15) is 0 Å². The molecule has 1 aliphatic rings. The van der Waals surface area contributed by atoms with Crippen molar-refractivity contribution >= 4 is 27.3 Å². The van der Waals surface area contributed by atoms with E-state index in [-0.39, 0.29) is 17.9 Å². The monoisotopic (exact) mass is 458 g/mol. The Bertz CT molecular complexity index is 1490. The maximum absolute atomic E-state index is 13.9. The molecular formula is C27H26N2O5. The minimum Gasteiger partial charge on any atom is -0.493 e. The van der Waals surface area contributed by atoms with Gasteiger partial charge in [-0.15, -0.1) is 0 Å². The summed E-state index contributed by atoms with van der Waals surface area (Å²) in [5.41, 5.74) is 2.39. The summed E-state index contributed by atoms with van der Waals surface area (Å²) in [7, 11) is 3.06. The molecule has 5 rings (SSSR count). The number of fused-ring (bicyclic) bond motifs is 7. The number of pyridine rings is 1. The molecule has 0 unspecified atom stereocenters. The summed E-state index contributed by atoms with van der Waals surface area (Å²) >= 11 is 0. The van der Waals surface area contributed by atoms with E-state index >= 15 is 0 Å². The van der Waals surface area contributed by atoms with Gasteiger partial charge in [-0.25, -0.2) is 0 Å². The number of aliphatic hydroxyl groups is 1. The van der Waals surface area contributed by atoms with Gasteiger partial charge in [0.2, 0.25) is 0 Å². The lowest BCUT2D eigenvalue weighted by molar-refractivity contribution is 0.104. The smallest absolute Gasteiger partial charge is 0.259 e. The fraction of sp³-hybridized carbons (Fsp3) is 0.259. The Morgan fingerprint density at radius 1 is 0.882 bits per heavy atom. The minimum atomic E-state index is -0.175. The van der Waals surface area contributed by atoms with Crippen LogP contribution < -0.4 is 20.3 Å². The molecule has 1 aromatic heterocycles. The molecule has 1 heterocycles. The first kappa shape index (κ1) is 22.1. The number of benzene rings is 3. The molecule has 34 heavy (non-hydrogen) atoms. The summed E-state index contributed by atoms with van der Waals surface area (Å²) in [4.78, 5) is 27.7. The van der Waals surface area contributed by atoms with Gasteiger partial charge >= 0.3 is 0 Å². The number of nitrogens with zero attached hydrogens (tertiary/aromatic N) is 1. The summed E-state index contributed by atoms with van der Waals surface area (Å²) in [6.07, 6.45) is 0.669. The number of aliphatic hydroxyl groups excluding tert-OH is 1. The van der Waals surface area contributed by atoms with Gasteiger partial charge in [0.05, 0.1) is 37.5 Å². The molecule has 0 saturated carbocycles. The number of aromatic nitrogens is 1. The molecule has 7 nitrogen and oxygen atoms in total. The van der Waals surface area contributed by atoms with Gasteiger partial charge in [-0.1, -0.05) is 36.4 Å². The maximum Gasteiger partial charge on any atom is 0.259 e. The quantitative estimate of drug-likeness (QED) is 0.347. The highest BCUT2D eigenvalue weighted by atomic mass is 16.5. The third kappa shape index (κ3) is 3.36. The summed E-state index contributed by atoms with van der Waals surface area (Å²) in [6.45, 7) is 1.63. The van der Waals surface area contributed by atoms with Gasteiger partial charge in [-0.05, 0) is 35.9 Å². The number of ketones is 1. The Kier molecular flexibility index (Phi) is 5.81. The van der Waals surface area contributed by atoms with Gasteiger partial charge in [0.25, 0.3) is 5.56 Å². The first-order chi connectivity index (χ1) is 16.6. The second-order valence-corrected chi connectivity index (χ2v) is 8.30. The summed E-state index contributed by atoms with van der Waals surface area (Å²) < 4.78 is 12.6. The van der Waals surface area contributed by atoms with Crippen molar-refractivity contribution in [3.05, 3.63) is 70.0 Å². The Labute approximate surface area is 196 Å². The topological polar surface area (TPSA) is 89.8 Å². The number of nitrogens with one attached hydrogen (secondary N) is 1. The normalized spacial score (nSPS) is 12.3. The van der Waals surface area contributed by atoms with Crippen molar-refractivity contribution < 1.29 is 19.4 Å². The van der Waals surface area contributed by atoms with Crippen LogP contribution in [0.1, 0.15) is 22.3 Å². The highest BCUT2D eigenvalue weighted by Gasteiger charge is 2.34. The van der Waals surface area contributed by atoms with Crippen LogP contribution in [0.3, 0.4) is 0 Å². The summed E-state index contributed by atoms with van der Waals surface area (Å²) in [6, 6.07) is 15.1. The number of methoxy groups -OCH3 is 2. The number of carbonyl (C=O) groups is 1. The molecule has 0 bridgehead atoms. The Hall–Kier alpha value is -3.68. The predicted molar refractivity (Wildman–Crippen MR) is 132 cm³/mol. The number of hydrogen-bond acceptors (Lipinski definition) is 6. The van der Waals surface area contributed by atoms with Crippen LogP contribution in [0.5, 0.6) is 11.5 Å². The molecule has 0 atom stereocenters. The number of carbonyl (C=O) groups excluding carboxylic acids is 1. The first-order valence-electron chi connectivity index (χ1n) is 11.3. The van der Waals surface area contributed by atoms with E-state index in [4.69, 9.17) is 14.6 Å². The van der Waals surface area contributed by atoms with Crippen LogP contribution in [0.4, 0.5) is 0 Å². The number of ether oxygens (including phenoxy) is 2. The molecule has 0 aliphatic heterocycles. The molecule has 7 heteroatoms. The van der Waals surface area contributed by atoms with Crippen LogP contribution in [0.2, 0.25) is 0 Å². The Balaban J connectivity index is 1.79. The standard InChI is InChI=1S/C27H26N2O5/c1-33-21-14-19-20(15-22(21)34-2)27(32)29(12-5-10-28-11-13-30)25-18-9-8-16-6-3-4-7-17(16)23(18)26(31)24(19)25/h3-4,6-9,14-15,28,30H,5,10-13H2,1-2H3. The highest BCUT2D eigenvalue weighted by molar-refractivity contribution is 6.31. The lowest BCUT2D eigenvalue weighted by atomic mass is 9.99. The van der Waals surface area contributed by atoms with E-state index in [0.29, 0.717) is 65.1 Å². The van der Waals surface area contributed by atoms with Crippen LogP contribution >= 0.6 is 0 Å². The zero-order valence-corrected chi connectivity index (χ0v) is 19.2. The van der Waals surface area contributed by atoms with Gasteiger partial charge in [0.15, 0.2) is 17.3 Å². The molecule has 0 saturated heterocycles. The van der Waals surface area contributed by atoms with E-state index in [2.05, 4.69) is 5.32 Å². The van der Waals surface area contributed by atoms with Crippen LogP contribution in [0.15, 0.2) is 53.3 Å². The molecular weight excluding hydrogens is 432 g/mol. The summed E-state index contributed by atoms with van der Waals surface area (Å²) in [5, 5.41) is 15.0. The lowest BCUT2D eigenvalue weighted by Gasteiger charge is -2.17. The molecule has 0 spiro atoms. The lowest BCUT2D eigenvalue weighted by Crippen LogP contribution is -2.26. The highest BCUT2D eigenvalue weighted by Crippen LogP contribution is 2.44. The zero-order chi connectivity index (χ0) is 23.8. The van der Waals surface area contributed by atoms with Crippen molar-refractivity contribution in [1.82, 2.24) is 9.88 Å². The molecule has 0 fully saturated rings. The maximum atomic E-state index is 13.9. The largest absolute Gasteiger partial charge is 0.493 e. The average molecular weight is 459 g/mol. The van der Waals surface area contributed by atoms with Crippen LogP contribution in [0, 0.1) is 0 Å². The van der Waals surface area contributed by atoms with Crippen LogP contribution in [0.25, 0.3) is 32.8 Å². The third-order valence-electron chi connectivity index (χ3n) is 6.44. The summed E-state index contributed by atoms with van der Waals surface area (Å²) in [5.74, 6) is 0.818. The number of rotatable bonds is 8. The molecule has 2 N–H and O–H groups in total. The van der Waals surface area contributed by atoms with Crippen molar-refractivity contribution in [3.8, 4) is 22.8 Å². The predicted octanol–water partition coefficient (Wildman–Crippen LogP) is 3.36. The molecule has 0 amide bonds. The van der Waals surface area contributed by atoms with E-state index < -0.39 is 0 Å². The van der Waals surface area contributed by atoms with Crippen molar-refractivity contribution in [3.63, 3.8) is 0 Å². The van der Waals surface area contributed by atoms with Gasteiger partial charge in [0, 0.05) is 29.6 Å². The van der Waals surface area contributed by atoms with Crippen LogP contribution in [-0.4, -0.2) is 49.4 Å². The number of hydrogen-bond donors (Lipinski definition) is 2. The van der Waals surface area contributed by atoms with Gasteiger partial charge in [-0.3, -0.25) is 9.59 Å². The van der Waals surface area contributed by atoms with Crippen LogP contribution in [-0.2, 0) is 6.54 Å². The Morgan fingerprint density at radius 2 is 1.62 bits per heavy atom. The van der Waals surface area contributed by atoms with E-state index in [1.165, 1.54) is 14.2 Å². The van der Waals surface area contributed by atoms with E-state index in [1.54, 1.807) is 16.7 Å². The van der Waals surface area contributed by atoms with E-state index in [0.717, 1.165) is 16.3 Å². The fourth-order valence-corrected chi connectivity index (χ4v) is 4.90. The van der Waals surface area contributed by atoms with Crippen molar-refractivity contribution in [2.45, 2.75) is 13.0 Å². The third-order valence-corrected chi connectivity index (χ3v) is 6.44. The second kappa shape index (κ2) is 8.93.